The number of halogens is 1. The first-order valence-electron chi connectivity index (χ1n) is 3.06. The van der Waals surface area contributed by atoms with Gasteiger partial charge in [0, 0.05) is 5.92 Å². The van der Waals surface area contributed by atoms with Crippen LogP contribution in [0.5, 0.6) is 0 Å². The van der Waals surface area contributed by atoms with E-state index in [1.807, 2.05) is 6.92 Å². The minimum Gasteiger partial charge on any atom is -0.330 e. The molecule has 0 aromatic carbocycles. The number of hydrogen-bond acceptors (Lipinski definition) is 1. The van der Waals surface area contributed by atoms with Gasteiger partial charge in [0.15, 0.2) is 0 Å². The zero-order chi connectivity index (χ0) is 6.57. The van der Waals surface area contributed by atoms with E-state index in [0.29, 0.717) is 6.54 Å². The molecule has 0 fully saturated rings. The van der Waals surface area contributed by atoms with E-state index in [1.165, 1.54) is 0 Å². The molecule has 0 aliphatic heterocycles. The van der Waals surface area contributed by atoms with Gasteiger partial charge in [-0.05, 0) is 19.9 Å². The third-order valence-electron chi connectivity index (χ3n) is 1.48. The Balaban J connectivity index is 3.35. The predicted molar refractivity (Wildman–Crippen MR) is 33.4 cm³/mol. The van der Waals surface area contributed by atoms with Crippen molar-refractivity contribution in [2.75, 3.05) is 6.54 Å². The van der Waals surface area contributed by atoms with Crippen molar-refractivity contribution in [3.8, 4) is 0 Å². The zero-order valence-electron chi connectivity index (χ0n) is 5.52. The molecule has 2 N–H and O–H groups in total. The molecule has 0 aliphatic carbocycles. The van der Waals surface area contributed by atoms with Crippen molar-refractivity contribution in [3.63, 3.8) is 0 Å². The van der Waals surface area contributed by atoms with Gasteiger partial charge in [0.25, 0.3) is 0 Å². The van der Waals surface area contributed by atoms with Crippen molar-refractivity contribution in [1.82, 2.24) is 0 Å². The molecule has 0 rings (SSSR count). The lowest BCUT2D eigenvalue weighted by molar-refractivity contribution is 0.248. The molecular formula is C6H14FN. The highest BCUT2D eigenvalue weighted by atomic mass is 19.1. The smallest absolute Gasteiger partial charge is 0.101 e. The molecule has 0 spiro atoms. The Bertz CT molecular complexity index is 50.5. The third kappa shape index (κ3) is 2.26. The molecule has 0 saturated carbocycles. The Morgan fingerprint density at radius 1 is 1.62 bits per heavy atom. The molecule has 0 radical (unpaired) electrons. The second-order valence-corrected chi connectivity index (χ2v) is 2.08. The number of hydrogen-bond donors (Lipinski definition) is 1. The summed E-state index contributed by atoms with van der Waals surface area (Å²) in [5, 5.41) is 0. The second-order valence-electron chi connectivity index (χ2n) is 2.08. The van der Waals surface area contributed by atoms with Crippen LogP contribution < -0.4 is 5.73 Å². The fourth-order valence-corrected chi connectivity index (χ4v) is 0.679. The third-order valence-corrected chi connectivity index (χ3v) is 1.48. The lowest BCUT2D eigenvalue weighted by atomic mass is 10.0. The molecule has 0 amide bonds. The fraction of sp³-hybridized carbons (Fsp3) is 1.00. The van der Waals surface area contributed by atoms with Crippen LogP contribution in [0.1, 0.15) is 20.3 Å². The van der Waals surface area contributed by atoms with Gasteiger partial charge in [-0.2, -0.15) is 0 Å². The summed E-state index contributed by atoms with van der Waals surface area (Å²) in [5.74, 6) is 0.0648. The first-order valence-corrected chi connectivity index (χ1v) is 3.06. The monoisotopic (exact) mass is 119 g/mol. The van der Waals surface area contributed by atoms with Crippen LogP contribution >= 0.6 is 0 Å². The zero-order valence-corrected chi connectivity index (χ0v) is 5.52. The van der Waals surface area contributed by atoms with E-state index in [4.69, 9.17) is 5.73 Å². The van der Waals surface area contributed by atoms with Crippen LogP contribution in [0.4, 0.5) is 4.39 Å². The Morgan fingerprint density at radius 2 is 2.12 bits per heavy atom. The van der Waals surface area contributed by atoms with Crippen molar-refractivity contribution in [1.29, 1.82) is 0 Å². The number of alkyl halides is 1. The van der Waals surface area contributed by atoms with Crippen molar-refractivity contribution in [2.24, 2.45) is 11.7 Å². The number of nitrogens with two attached hydrogens (primary N) is 1. The summed E-state index contributed by atoms with van der Waals surface area (Å²) < 4.78 is 12.3. The van der Waals surface area contributed by atoms with E-state index in [9.17, 15) is 4.39 Å². The van der Waals surface area contributed by atoms with E-state index in [2.05, 4.69) is 0 Å². The minimum absolute atomic E-state index is 0.0648. The topological polar surface area (TPSA) is 26.0 Å². The molecule has 8 heavy (non-hydrogen) atoms. The quantitative estimate of drug-likeness (QED) is 0.596. The minimum atomic E-state index is -0.745. The molecule has 1 nitrogen and oxygen atoms in total. The van der Waals surface area contributed by atoms with Crippen LogP contribution in [0, 0.1) is 5.92 Å². The molecule has 0 heterocycles. The number of rotatable bonds is 3. The lowest BCUT2D eigenvalue weighted by Crippen LogP contribution is -2.21. The highest BCUT2D eigenvalue weighted by Gasteiger charge is 2.10. The van der Waals surface area contributed by atoms with Crippen molar-refractivity contribution in [3.05, 3.63) is 0 Å². The standard InChI is InChI=1S/C6H14FN/c1-3-6(4-8)5(2)7/h5-6H,3-4,8H2,1-2H3. The van der Waals surface area contributed by atoms with Crippen LogP contribution in [0.25, 0.3) is 0 Å². The first kappa shape index (κ1) is 7.89. The van der Waals surface area contributed by atoms with Crippen LogP contribution in [-0.4, -0.2) is 12.7 Å². The van der Waals surface area contributed by atoms with Gasteiger partial charge in [0.1, 0.15) is 6.17 Å². The summed E-state index contributed by atoms with van der Waals surface area (Å²) in [5.41, 5.74) is 5.24. The van der Waals surface area contributed by atoms with Crippen molar-refractivity contribution < 1.29 is 4.39 Å². The Hall–Kier alpha value is -0.110. The summed E-state index contributed by atoms with van der Waals surface area (Å²) in [6.07, 6.45) is 0.0961. The molecule has 2 heteroatoms. The Morgan fingerprint density at radius 3 is 2.12 bits per heavy atom. The van der Waals surface area contributed by atoms with Crippen molar-refractivity contribution in [2.45, 2.75) is 26.4 Å². The summed E-state index contributed by atoms with van der Waals surface area (Å²) in [7, 11) is 0. The second kappa shape index (κ2) is 3.84. The molecule has 2 unspecified atom stereocenters. The summed E-state index contributed by atoms with van der Waals surface area (Å²) in [4.78, 5) is 0. The van der Waals surface area contributed by atoms with Gasteiger partial charge in [-0.25, -0.2) is 4.39 Å². The molecule has 0 bridgehead atoms. The fourth-order valence-electron chi connectivity index (χ4n) is 0.679. The van der Waals surface area contributed by atoms with Crippen LogP contribution in [0.3, 0.4) is 0 Å². The average molecular weight is 119 g/mol. The molecule has 0 aliphatic rings. The molecule has 2 atom stereocenters. The largest absolute Gasteiger partial charge is 0.330 e. The molecular weight excluding hydrogens is 105 g/mol. The van der Waals surface area contributed by atoms with Crippen molar-refractivity contribution >= 4 is 0 Å². The van der Waals surface area contributed by atoms with Gasteiger partial charge < -0.3 is 5.73 Å². The SMILES string of the molecule is CCC(CN)C(C)F. The Kier molecular flexibility index (Phi) is 3.79. The van der Waals surface area contributed by atoms with E-state index in [-0.39, 0.29) is 5.92 Å². The van der Waals surface area contributed by atoms with Gasteiger partial charge >= 0.3 is 0 Å². The highest BCUT2D eigenvalue weighted by molar-refractivity contribution is 4.62. The highest BCUT2D eigenvalue weighted by Crippen LogP contribution is 2.08. The molecule has 0 aromatic heterocycles. The maximum absolute atomic E-state index is 12.3. The van der Waals surface area contributed by atoms with E-state index in [0.717, 1.165) is 6.42 Å². The van der Waals surface area contributed by atoms with Gasteiger partial charge in [0.2, 0.25) is 0 Å². The van der Waals surface area contributed by atoms with E-state index in [1.54, 1.807) is 6.92 Å². The lowest BCUT2D eigenvalue weighted by Gasteiger charge is -2.11. The molecule has 50 valence electrons. The first-order chi connectivity index (χ1) is 3.72. The maximum atomic E-state index is 12.3. The summed E-state index contributed by atoms with van der Waals surface area (Å²) in [6.45, 7) is 3.97. The normalized spacial score (nSPS) is 18.0. The molecule has 0 saturated heterocycles. The summed E-state index contributed by atoms with van der Waals surface area (Å²) in [6, 6.07) is 0. The van der Waals surface area contributed by atoms with Crippen LogP contribution in [0.2, 0.25) is 0 Å². The van der Waals surface area contributed by atoms with Gasteiger partial charge in [-0.3, -0.25) is 0 Å². The van der Waals surface area contributed by atoms with E-state index < -0.39 is 6.17 Å². The van der Waals surface area contributed by atoms with E-state index >= 15 is 0 Å². The van der Waals surface area contributed by atoms with Crippen LogP contribution in [0.15, 0.2) is 0 Å². The Labute approximate surface area is 50.1 Å². The van der Waals surface area contributed by atoms with Gasteiger partial charge in [-0.15, -0.1) is 0 Å². The summed E-state index contributed by atoms with van der Waals surface area (Å²) >= 11 is 0. The molecule has 0 aromatic rings. The predicted octanol–water partition coefficient (Wildman–Crippen LogP) is 1.33. The maximum Gasteiger partial charge on any atom is 0.101 e. The van der Waals surface area contributed by atoms with Gasteiger partial charge in [-0.1, -0.05) is 6.92 Å². The van der Waals surface area contributed by atoms with Crippen LogP contribution in [-0.2, 0) is 0 Å². The average Bonchev–Trinajstić information content (AvgIpc) is 1.69. The van der Waals surface area contributed by atoms with Gasteiger partial charge in [0.05, 0.1) is 0 Å².